The van der Waals surface area contributed by atoms with Crippen molar-refractivity contribution in [2.75, 3.05) is 11.9 Å². The second-order valence-electron chi connectivity index (χ2n) is 7.08. The highest BCUT2D eigenvalue weighted by atomic mass is 32.2. The summed E-state index contributed by atoms with van der Waals surface area (Å²) >= 11 is 1.63. The average molecular weight is 386 g/mol. The third kappa shape index (κ3) is 4.12. The molecule has 0 saturated heterocycles. The number of carbonyl (C=O) groups is 2. The van der Waals surface area contributed by atoms with Gasteiger partial charge in [-0.05, 0) is 73.5 Å². The lowest BCUT2D eigenvalue weighted by Crippen LogP contribution is -2.64. The van der Waals surface area contributed by atoms with E-state index in [1.807, 2.05) is 24.3 Å². The van der Waals surface area contributed by atoms with Gasteiger partial charge in [0.2, 0.25) is 5.91 Å². The van der Waals surface area contributed by atoms with E-state index in [1.165, 1.54) is 25.3 Å². The normalized spacial score (nSPS) is 22.3. The first-order chi connectivity index (χ1) is 13.0. The van der Waals surface area contributed by atoms with Gasteiger partial charge in [0.05, 0.1) is 12.7 Å². The number of aromatic nitrogens is 1. The number of pyridine rings is 1. The second kappa shape index (κ2) is 7.28. The van der Waals surface area contributed by atoms with E-state index in [4.69, 9.17) is 0 Å². The molecule has 6 nitrogen and oxygen atoms in total. The molecule has 2 bridgehead atoms. The molecule has 1 aromatic carbocycles. The van der Waals surface area contributed by atoms with Crippen LogP contribution in [0.15, 0.2) is 47.5 Å². The molecule has 3 N–H and O–H groups in total. The Morgan fingerprint density at radius 2 is 1.89 bits per heavy atom. The highest BCUT2D eigenvalue weighted by Gasteiger charge is 2.56. The van der Waals surface area contributed by atoms with Gasteiger partial charge in [-0.3, -0.25) is 14.3 Å². The van der Waals surface area contributed by atoms with Crippen LogP contribution in [0.1, 0.15) is 29.8 Å². The summed E-state index contributed by atoms with van der Waals surface area (Å²) in [4.78, 5) is 28.6. The van der Waals surface area contributed by atoms with Gasteiger partial charge in [0.15, 0.2) is 0 Å². The van der Waals surface area contributed by atoms with Crippen LogP contribution in [0, 0.1) is 11.7 Å². The largest absolute Gasteiger partial charge is 0.342 e. The summed E-state index contributed by atoms with van der Waals surface area (Å²) in [7, 11) is 0. The molecule has 0 radical (unpaired) electrons. The van der Waals surface area contributed by atoms with Crippen LogP contribution in [-0.2, 0) is 4.79 Å². The second-order valence-corrected chi connectivity index (χ2v) is 7.96. The summed E-state index contributed by atoms with van der Waals surface area (Å²) in [5.41, 5.74) is 1.07. The van der Waals surface area contributed by atoms with Gasteiger partial charge in [-0.25, -0.2) is 9.37 Å². The fraction of sp³-hybridized carbons (Fsp3) is 0.316. The third-order valence-electron chi connectivity index (χ3n) is 4.93. The van der Waals surface area contributed by atoms with Crippen molar-refractivity contribution >= 4 is 29.4 Å². The predicted molar refractivity (Wildman–Crippen MR) is 101 cm³/mol. The Labute approximate surface area is 160 Å². The Bertz CT molecular complexity index is 840. The molecule has 1 heterocycles. The van der Waals surface area contributed by atoms with Gasteiger partial charge in [-0.15, -0.1) is 0 Å². The Morgan fingerprint density at radius 3 is 2.48 bits per heavy atom. The van der Waals surface area contributed by atoms with Gasteiger partial charge < -0.3 is 10.6 Å². The molecule has 0 spiro atoms. The predicted octanol–water partition coefficient (Wildman–Crippen LogP) is 2.74. The number of benzene rings is 1. The van der Waals surface area contributed by atoms with Gasteiger partial charge in [0, 0.05) is 16.1 Å². The van der Waals surface area contributed by atoms with Crippen LogP contribution < -0.4 is 15.4 Å². The first-order valence-corrected chi connectivity index (χ1v) is 9.57. The summed E-state index contributed by atoms with van der Waals surface area (Å²) in [6.45, 7) is -0.195. The first-order valence-electron chi connectivity index (χ1n) is 8.75. The molecular weight excluding hydrogens is 367 g/mol. The third-order valence-corrected chi connectivity index (χ3v) is 5.97. The maximum absolute atomic E-state index is 12.8. The van der Waals surface area contributed by atoms with E-state index in [9.17, 15) is 14.0 Å². The quantitative estimate of drug-likeness (QED) is 0.638. The highest BCUT2D eigenvalue weighted by molar-refractivity contribution is 7.97. The molecule has 140 valence electrons. The highest BCUT2D eigenvalue weighted by Crippen LogP contribution is 2.57. The molecule has 2 amide bonds. The average Bonchev–Trinajstić information content (AvgIpc) is 2.59. The maximum atomic E-state index is 12.8. The molecule has 0 unspecified atom stereocenters. The lowest BCUT2D eigenvalue weighted by molar-refractivity contribution is -0.115. The lowest BCUT2D eigenvalue weighted by Gasteiger charge is -2.61. The summed E-state index contributed by atoms with van der Waals surface area (Å²) in [6.07, 6.45) is 4.81. The number of hydrogen-bond donors (Lipinski definition) is 3. The van der Waals surface area contributed by atoms with Crippen LogP contribution in [0.4, 0.5) is 10.1 Å². The van der Waals surface area contributed by atoms with Gasteiger partial charge in [-0.1, -0.05) is 0 Å². The molecule has 3 aliphatic rings. The number of anilines is 1. The number of nitrogens with zero attached hydrogens (tertiary/aromatic N) is 1. The molecule has 3 fully saturated rings. The topological polar surface area (TPSA) is 83.1 Å². The number of rotatable bonds is 7. The Balaban J connectivity index is 1.21. The van der Waals surface area contributed by atoms with E-state index in [2.05, 4.69) is 20.3 Å². The van der Waals surface area contributed by atoms with E-state index >= 15 is 0 Å². The standard InChI is InChI=1S/C19H19FN4O2S/c20-13-1-6-16(21-10-13)18(26)22-11-17(25)23-14-2-4-15(5-3-14)27-24-19-7-12(8-19)9-19/h1-6,10,12,24H,7-9,11H2,(H,22,26)(H,23,25). The zero-order valence-corrected chi connectivity index (χ0v) is 15.3. The van der Waals surface area contributed by atoms with Crippen molar-refractivity contribution in [1.82, 2.24) is 15.0 Å². The van der Waals surface area contributed by atoms with E-state index in [0.29, 0.717) is 11.2 Å². The van der Waals surface area contributed by atoms with Crippen molar-refractivity contribution < 1.29 is 14.0 Å². The lowest BCUT2D eigenvalue weighted by atomic mass is 9.50. The van der Waals surface area contributed by atoms with Crippen molar-refractivity contribution in [2.45, 2.75) is 29.7 Å². The van der Waals surface area contributed by atoms with Gasteiger partial charge in [0.25, 0.3) is 5.91 Å². The van der Waals surface area contributed by atoms with Crippen LogP contribution in [0.2, 0.25) is 0 Å². The number of nitrogens with one attached hydrogen (secondary N) is 3. The van der Waals surface area contributed by atoms with E-state index in [-0.39, 0.29) is 18.1 Å². The van der Waals surface area contributed by atoms with E-state index in [0.717, 1.165) is 23.1 Å². The van der Waals surface area contributed by atoms with Crippen LogP contribution in [0.5, 0.6) is 0 Å². The van der Waals surface area contributed by atoms with Gasteiger partial charge in [-0.2, -0.15) is 0 Å². The minimum absolute atomic E-state index is 0.0572. The van der Waals surface area contributed by atoms with E-state index < -0.39 is 11.7 Å². The first kappa shape index (κ1) is 17.9. The number of halogens is 1. The zero-order chi connectivity index (χ0) is 18.9. The number of amides is 2. The Morgan fingerprint density at radius 1 is 1.15 bits per heavy atom. The number of hydrogen-bond acceptors (Lipinski definition) is 5. The van der Waals surface area contributed by atoms with Crippen molar-refractivity contribution in [3.63, 3.8) is 0 Å². The molecule has 27 heavy (non-hydrogen) atoms. The maximum Gasteiger partial charge on any atom is 0.270 e. The Hall–Kier alpha value is -2.45. The monoisotopic (exact) mass is 386 g/mol. The summed E-state index contributed by atoms with van der Waals surface area (Å²) in [5.74, 6) is -0.463. The summed E-state index contributed by atoms with van der Waals surface area (Å²) in [5, 5.41) is 5.18. The molecule has 8 heteroatoms. The smallest absolute Gasteiger partial charge is 0.270 e. The van der Waals surface area contributed by atoms with Gasteiger partial charge >= 0.3 is 0 Å². The molecular formula is C19H19FN4O2S. The van der Waals surface area contributed by atoms with Crippen LogP contribution >= 0.6 is 11.9 Å². The molecule has 0 aliphatic heterocycles. The van der Waals surface area contributed by atoms with E-state index in [1.54, 1.807) is 11.9 Å². The molecule has 0 atom stereocenters. The molecule has 2 aromatic rings. The zero-order valence-electron chi connectivity index (χ0n) is 14.5. The van der Waals surface area contributed by atoms with Crippen molar-refractivity contribution in [3.8, 4) is 0 Å². The fourth-order valence-corrected chi connectivity index (χ4v) is 4.20. The van der Waals surface area contributed by atoms with Crippen LogP contribution in [0.3, 0.4) is 0 Å². The van der Waals surface area contributed by atoms with Crippen molar-refractivity contribution in [3.05, 3.63) is 54.1 Å². The summed E-state index contributed by atoms with van der Waals surface area (Å²) in [6, 6.07) is 9.95. The molecule has 5 rings (SSSR count). The minimum atomic E-state index is -0.531. The number of carbonyl (C=O) groups excluding carboxylic acids is 2. The van der Waals surface area contributed by atoms with Crippen molar-refractivity contribution in [2.24, 2.45) is 5.92 Å². The SMILES string of the molecule is O=C(CNC(=O)c1ccc(F)cn1)Nc1ccc(SNC23CC(C2)C3)cc1. The molecule has 3 saturated carbocycles. The van der Waals surface area contributed by atoms with Crippen LogP contribution in [-0.4, -0.2) is 28.9 Å². The minimum Gasteiger partial charge on any atom is -0.342 e. The van der Waals surface area contributed by atoms with Gasteiger partial charge in [0.1, 0.15) is 11.5 Å². The Kier molecular flexibility index (Phi) is 4.84. The molecule has 1 aromatic heterocycles. The summed E-state index contributed by atoms with van der Waals surface area (Å²) < 4.78 is 16.3. The van der Waals surface area contributed by atoms with Crippen LogP contribution in [0.25, 0.3) is 0 Å². The molecule has 3 aliphatic carbocycles. The fourth-order valence-electron chi connectivity index (χ4n) is 3.34. The van der Waals surface area contributed by atoms with Crippen molar-refractivity contribution in [1.29, 1.82) is 0 Å².